The third-order valence-electron chi connectivity index (χ3n) is 5.23. The van der Waals surface area contributed by atoms with Crippen molar-refractivity contribution in [3.05, 3.63) is 40.7 Å². The topological polar surface area (TPSA) is 71.7 Å². The van der Waals surface area contributed by atoms with Gasteiger partial charge >= 0.3 is 0 Å². The molecule has 2 aliphatic heterocycles. The van der Waals surface area contributed by atoms with E-state index in [1.54, 1.807) is 18.5 Å². The highest BCUT2D eigenvalue weighted by Gasteiger charge is 2.29. The lowest BCUT2D eigenvalue weighted by molar-refractivity contribution is -0.383. The molecule has 0 saturated carbocycles. The van der Waals surface area contributed by atoms with Gasteiger partial charge in [-0.15, -0.1) is 0 Å². The maximum atomic E-state index is 11.3. The summed E-state index contributed by atoms with van der Waals surface area (Å²) in [4.78, 5) is 20.0. The highest BCUT2D eigenvalue weighted by atomic mass is 16.6. The van der Waals surface area contributed by atoms with Gasteiger partial charge < -0.3 is 9.64 Å². The van der Waals surface area contributed by atoms with Crippen molar-refractivity contribution in [1.29, 1.82) is 0 Å². The Morgan fingerprint density at radius 3 is 2.84 bits per heavy atom. The first-order chi connectivity index (χ1) is 12.2. The van der Waals surface area contributed by atoms with Gasteiger partial charge in [0.2, 0.25) is 0 Å². The number of hydrogen-bond donors (Lipinski definition) is 0. The Morgan fingerprint density at radius 2 is 2.04 bits per heavy atom. The maximum Gasteiger partial charge on any atom is 0.278 e. The highest BCUT2D eigenvalue weighted by Crippen LogP contribution is 2.36. The number of morpholine rings is 1. The molecule has 2 aromatic rings. The smallest absolute Gasteiger partial charge is 0.278 e. The van der Waals surface area contributed by atoms with Gasteiger partial charge in [0.05, 0.1) is 23.5 Å². The van der Waals surface area contributed by atoms with Crippen LogP contribution in [0.15, 0.2) is 30.6 Å². The summed E-state index contributed by atoms with van der Waals surface area (Å²) in [6.07, 6.45) is 5.62. The molecule has 7 heteroatoms. The molecule has 0 N–H and O–H groups in total. The maximum absolute atomic E-state index is 11.3. The number of aromatic nitrogens is 1. The van der Waals surface area contributed by atoms with Crippen LogP contribution < -0.4 is 4.90 Å². The minimum Gasteiger partial charge on any atom is -0.379 e. The minimum atomic E-state index is -0.330. The number of rotatable bonds is 4. The van der Waals surface area contributed by atoms with Gasteiger partial charge in [-0.2, -0.15) is 0 Å². The van der Waals surface area contributed by atoms with E-state index in [0.717, 1.165) is 63.3 Å². The molecule has 0 radical (unpaired) electrons. The summed E-state index contributed by atoms with van der Waals surface area (Å²) in [6, 6.07) is 5.85. The van der Waals surface area contributed by atoms with Gasteiger partial charge in [0.25, 0.3) is 5.69 Å². The molecule has 0 aliphatic carbocycles. The van der Waals surface area contributed by atoms with Crippen LogP contribution in [-0.2, 0) is 4.74 Å². The normalized spacial score (nSPS) is 21.8. The summed E-state index contributed by atoms with van der Waals surface area (Å²) in [5, 5.41) is 12.8. The fraction of sp³-hybridized carbons (Fsp3) is 0.500. The van der Waals surface area contributed by atoms with Crippen LogP contribution in [0.3, 0.4) is 0 Å². The van der Waals surface area contributed by atoms with E-state index in [0.29, 0.717) is 11.4 Å². The third kappa shape index (κ3) is 3.17. The number of nitrogens with zero attached hydrogens (tertiary/aromatic N) is 4. The first-order valence-corrected chi connectivity index (χ1v) is 8.82. The zero-order chi connectivity index (χ0) is 17.2. The summed E-state index contributed by atoms with van der Waals surface area (Å²) >= 11 is 0. The molecule has 1 unspecified atom stereocenters. The van der Waals surface area contributed by atoms with E-state index < -0.39 is 0 Å². The monoisotopic (exact) mass is 342 g/mol. The summed E-state index contributed by atoms with van der Waals surface area (Å²) in [5.74, 6) is 0. The first kappa shape index (κ1) is 16.2. The molecule has 132 valence electrons. The molecule has 2 saturated heterocycles. The molecule has 25 heavy (non-hydrogen) atoms. The molecule has 1 aromatic heterocycles. The molecular weight excluding hydrogens is 320 g/mol. The first-order valence-electron chi connectivity index (χ1n) is 8.82. The van der Waals surface area contributed by atoms with Crippen molar-refractivity contribution in [2.24, 2.45) is 0 Å². The van der Waals surface area contributed by atoms with Gasteiger partial charge in [-0.1, -0.05) is 0 Å². The molecule has 7 nitrogen and oxygen atoms in total. The molecule has 4 rings (SSSR count). The SMILES string of the molecule is O=[N+]([O-])c1ccc(N2CCCC2CN2CCOCC2)c2ccncc12. The van der Waals surface area contributed by atoms with Crippen molar-refractivity contribution < 1.29 is 9.66 Å². The number of fused-ring (bicyclic) bond motifs is 1. The average Bonchev–Trinajstić information content (AvgIpc) is 3.09. The van der Waals surface area contributed by atoms with Gasteiger partial charge in [-0.25, -0.2) is 0 Å². The van der Waals surface area contributed by atoms with Crippen molar-refractivity contribution in [2.75, 3.05) is 44.3 Å². The van der Waals surface area contributed by atoms with Gasteiger partial charge in [-0.3, -0.25) is 20.0 Å². The Morgan fingerprint density at radius 1 is 1.20 bits per heavy atom. The van der Waals surface area contributed by atoms with Gasteiger partial charge in [0.15, 0.2) is 0 Å². The number of non-ortho nitro benzene ring substituents is 1. The van der Waals surface area contributed by atoms with Crippen LogP contribution in [0.25, 0.3) is 10.8 Å². The average molecular weight is 342 g/mol. The largest absolute Gasteiger partial charge is 0.379 e. The van der Waals surface area contributed by atoms with Crippen LogP contribution in [-0.4, -0.2) is 60.2 Å². The number of ether oxygens (including phenoxy) is 1. The summed E-state index contributed by atoms with van der Waals surface area (Å²) in [6.45, 7) is 5.58. The van der Waals surface area contributed by atoms with Crippen molar-refractivity contribution in [3.8, 4) is 0 Å². The molecular formula is C18H22N4O3. The van der Waals surface area contributed by atoms with Crippen LogP contribution in [0.2, 0.25) is 0 Å². The van der Waals surface area contributed by atoms with Crippen LogP contribution in [0.1, 0.15) is 12.8 Å². The molecule has 0 spiro atoms. The fourth-order valence-corrected chi connectivity index (χ4v) is 3.99. The number of pyridine rings is 1. The molecule has 1 atom stereocenters. The quantitative estimate of drug-likeness (QED) is 0.628. The number of nitro groups is 1. The molecule has 3 heterocycles. The van der Waals surface area contributed by atoms with Gasteiger partial charge in [0.1, 0.15) is 0 Å². The number of hydrogen-bond acceptors (Lipinski definition) is 6. The molecule has 0 bridgehead atoms. The zero-order valence-electron chi connectivity index (χ0n) is 14.1. The molecule has 0 amide bonds. The van der Waals surface area contributed by atoms with Crippen LogP contribution in [0.4, 0.5) is 11.4 Å². The Kier molecular flexibility index (Phi) is 4.50. The summed E-state index contributed by atoms with van der Waals surface area (Å²) in [5.41, 5.74) is 1.20. The van der Waals surface area contributed by atoms with Crippen LogP contribution in [0, 0.1) is 10.1 Å². The third-order valence-corrected chi connectivity index (χ3v) is 5.23. The predicted molar refractivity (Wildman–Crippen MR) is 96.0 cm³/mol. The number of anilines is 1. The molecule has 2 fully saturated rings. The fourth-order valence-electron chi connectivity index (χ4n) is 3.99. The van der Waals surface area contributed by atoms with Crippen LogP contribution >= 0.6 is 0 Å². The number of benzene rings is 1. The van der Waals surface area contributed by atoms with E-state index in [1.807, 2.05) is 12.1 Å². The lowest BCUT2D eigenvalue weighted by atomic mass is 10.1. The van der Waals surface area contributed by atoms with Crippen molar-refractivity contribution in [3.63, 3.8) is 0 Å². The lowest BCUT2D eigenvalue weighted by Crippen LogP contribution is -2.45. The standard InChI is InChI=1S/C18H22N4O3/c23-22(24)18-4-3-17(15-5-6-19-12-16(15)18)21-7-1-2-14(21)13-20-8-10-25-11-9-20/h3-6,12,14H,1-2,7-11,13H2. The number of nitro benzene ring substituents is 1. The van der Waals surface area contributed by atoms with Crippen molar-refractivity contribution in [1.82, 2.24) is 9.88 Å². The second-order valence-electron chi connectivity index (χ2n) is 6.68. The Balaban J connectivity index is 1.66. The van der Waals surface area contributed by atoms with E-state index >= 15 is 0 Å². The molecule has 1 aromatic carbocycles. The van der Waals surface area contributed by atoms with E-state index in [2.05, 4.69) is 14.8 Å². The summed E-state index contributed by atoms with van der Waals surface area (Å²) < 4.78 is 5.44. The minimum absolute atomic E-state index is 0.121. The zero-order valence-corrected chi connectivity index (χ0v) is 14.1. The van der Waals surface area contributed by atoms with E-state index in [1.165, 1.54) is 0 Å². The van der Waals surface area contributed by atoms with Gasteiger partial charge in [0, 0.05) is 61.8 Å². The predicted octanol–water partition coefficient (Wildman–Crippen LogP) is 2.44. The second-order valence-corrected chi connectivity index (χ2v) is 6.68. The Bertz CT molecular complexity index is 776. The molecule has 2 aliphatic rings. The van der Waals surface area contributed by atoms with E-state index in [9.17, 15) is 10.1 Å². The summed E-state index contributed by atoms with van der Waals surface area (Å²) in [7, 11) is 0. The second kappa shape index (κ2) is 6.93. The highest BCUT2D eigenvalue weighted by molar-refractivity contribution is 5.99. The van der Waals surface area contributed by atoms with Gasteiger partial charge in [-0.05, 0) is 25.0 Å². The Hall–Kier alpha value is -2.25. The van der Waals surface area contributed by atoms with E-state index in [4.69, 9.17) is 4.74 Å². The van der Waals surface area contributed by atoms with E-state index in [-0.39, 0.29) is 10.6 Å². The van der Waals surface area contributed by atoms with Crippen LogP contribution in [0.5, 0.6) is 0 Å². The Labute approximate surface area is 146 Å². The van der Waals surface area contributed by atoms with Crippen molar-refractivity contribution in [2.45, 2.75) is 18.9 Å². The van der Waals surface area contributed by atoms with Crippen molar-refractivity contribution >= 4 is 22.1 Å². The lowest BCUT2D eigenvalue weighted by Gasteiger charge is -2.34.